The molecular weight excluding hydrogens is 320 g/mol. The monoisotopic (exact) mass is 344 g/mol. The van der Waals surface area contributed by atoms with Gasteiger partial charge >= 0.3 is 0 Å². The van der Waals surface area contributed by atoms with E-state index in [0.29, 0.717) is 0 Å². The van der Waals surface area contributed by atoms with Crippen LogP contribution >= 0.6 is 0 Å². The van der Waals surface area contributed by atoms with Crippen LogP contribution in [0.4, 0.5) is 0 Å². The number of hydrogen-bond donors (Lipinski definition) is 0. The van der Waals surface area contributed by atoms with Crippen LogP contribution in [0.1, 0.15) is 43.4 Å². The molecular formula is C24H24O2. The van der Waals surface area contributed by atoms with Crippen molar-refractivity contribution in [3.05, 3.63) is 77.9 Å². The number of unbranched alkanes of at least 4 members (excludes halogenated alkanes) is 2. The molecule has 1 atom stereocenters. The zero-order valence-corrected chi connectivity index (χ0v) is 15.2. The lowest BCUT2D eigenvalue weighted by Crippen LogP contribution is -2.09. The fourth-order valence-corrected chi connectivity index (χ4v) is 3.38. The summed E-state index contributed by atoms with van der Waals surface area (Å²) in [6.45, 7) is 2.99. The summed E-state index contributed by atoms with van der Waals surface area (Å²) in [5, 5.41) is 2.47. The van der Waals surface area contributed by atoms with Crippen molar-refractivity contribution in [1.82, 2.24) is 0 Å². The highest BCUT2D eigenvalue weighted by atomic mass is 16.5. The molecule has 2 heteroatoms. The van der Waals surface area contributed by atoms with Gasteiger partial charge in [0.15, 0.2) is 0 Å². The predicted octanol–water partition coefficient (Wildman–Crippen LogP) is 6.56. The minimum absolute atomic E-state index is 0.0576. The second-order valence-corrected chi connectivity index (χ2v) is 6.72. The van der Waals surface area contributed by atoms with E-state index in [2.05, 4.69) is 67.6 Å². The molecule has 132 valence electrons. The van der Waals surface area contributed by atoms with Crippen LogP contribution in [0.2, 0.25) is 0 Å². The lowest BCUT2D eigenvalue weighted by Gasteiger charge is -2.23. The van der Waals surface area contributed by atoms with Gasteiger partial charge in [-0.25, -0.2) is 0 Å². The lowest BCUT2D eigenvalue weighted by atomic mass is 9.99. The van der Waals surface area contributed by atoms with Crippen molar-refractivity contribution in [2.24, 2.45) is 0 Å². The summed E-state index contributed by atoms with van der Waals surface area (Å²) in [4.78, 5) is 0. The van der Waals surface area contributed by atoms with E-state index < -0.39 is 0 Å². The molecule has 0 aromatic heterocycles. The van der Waals surface area contributed by atoms with Crippen LogP contribution in [-0.2, 0) is 0 Å². The highest BCUT2D eigenvalue weighted by Crippen LogP contribution is 2.37. The van der Waals surface area contributed by atoms with Crippen LogP contribution in [0.3, 0.4) is 0 Å². The maximum Gasteiger partial charge on any atom is 0.142 e. The van der Waals surface area contributed by atoms with Gasteiger partial charge in [0.1, 0.15) is 17.6 Å². The maximum absolute atomic E-state index is 6.25. The molecule has 1 aliphatic heterocycles. The summed E-state index contributed by atoms with van der Waals surface area (Å²) in [5.41, 5.74) is 2.30. The fourth-order valence-electron chi connectivity index (χ4n) is 3.38. The van der Waals surface area contributed by atoms with Crippen molar-refractivity contribution in [2.75, 3.05) is 6.61 Å². The Hall–Kier alpha value is -2.74. The topological polar surface area (TPSA) is 18.5 Å². The van der Waals surface area contributed by atoms with E-state index in [0.717, 1.165) is 35.7 Å². The van der Waals surface area contributed by atoms with E-state index in [1.54, 1.807) is 0 Å². The molecule has 4 rings (SSSR count). The largest absolute Gasteiger partial charge is 0.494 e. The highest BCUT2D eigenvalue weighted by Gasteiger charge is 2.18. The molecule has 3 aromatic rings. The minimum atomic E-state index is -0.0576. The molecule has 0 N–H and O–H groups in total. The first-order valence-corrected chi connectivity index (χ1v) is 9.44. The van der Waals surface area contributed by atoms with E-state index in [9.17, 15) is 0 Å². The second kappa shape index (κ2) is 7.65. The Kier molecular flexibility index (Phi) is 4.92. The van der Waals surface area contributed by atoms with Gasteiger partial charge in [-0.15, -0.1) is 0 Å². The molecule has 0 saturated carbocycles. The Morgan fingerprint density at radius 2 is 1.77 bits per heavy atom. The molecule has 0 bridgehead atoms. The van der Waals surface area contributed by atoms with Crippen molar-refractivity contribution < 1.29 is 9.47 Å². The molecule has 0 fully saturated rings. The quantitative estimate of drug-likeness (QED) is 0.472. The highest BCUT2D eigenvalue weighted by molar-refractivity contribution is 5.93. The van der Waals surface area contributed by atoms with Gasteiger partial charge in [-0.1, -0.05) is 68.3 Å². The molecule has 0 spiro atoms. The molecule has 3 aromatic carbocycles. The van der Waals surface area contributed by atoms with Crippen molar-refractivity contribution in [3.8, 4) is 11.5 Å². The number of rotatable bonds is 6. The number of fused-ring (bicyclic) bond motifs is 3. The normalized spacial score (nSPS) is 15.5. The van der Waals surface area contributed by atoms with Gasteiger partial charge < -0.3 is 9.47 Å². The van der Waals surface area contributed by atoms with Gasteiger partial charge in [0.2, 0.25) is 0 Å². The van der Waals surface area contributed by atoms with Crippen LogP contribution in [-0.4, -0.2) is 6.61 Å². The van der Waals surface area contributed by atoms with Gasteiger partial charge in [0.05, 0.1) is 6.61 Å². The van der Waals surface area contributed by atoms with E-state index in [-0.39, 0.29) is 6.10 Å². The van der Waals surface area contributed by atoms with Crippen molar-refractivity contribution in [1.29, 1.82) is 0 Å². The van der Waals surface area contributed by atoms with Gasteiger partial charge in [0.25, 0.3) is 0 Å². The predicted molar refractivity (Wildman–Crippen MR) is 108 cm³/mol. The third-order valence-electron chi connectivity index (χ3n) is 4.85. The Balaban J connectivity index is 1.49. The Labute approximate surface area is 155 Å². The average molecular weight is 344 g/mol. The molecule has 0 amide bonds. The number of benzene rings is 3. The van der Waals surface area contributed by atoms with Gasteiger partial charge in [0, 0.05) is 5.56 Å². The zero-order valence-electron chi connectivity index (χ0n) is 15.2. The molecule has 0 saturated heterocycles. The van der Waals surface area contributed by atoms with Crippen LogP contribution in [0.25, 0.3) is 16.8 Å². The third kappa shape index (κ3) is 3.45. The Morgan fingerprint density at radius 1 is 0.923 bits per heavy atom. The summed E-state index contributed by atoms with van der Waals surface area (Å²) in [7, 11) is 0. The van der Waals surface area contributed by atoms with Crippen LogP contribution in [0.15, 0.2) is 66.7 Å². The smallest absolute Gasteiger partial charge is 0.142 e. The second-order valence-electron chi connectivity index (χ2n) is 6.72. The maximum atomic E-state index is 6.25. The lowest BCUT2D eigenvalue weighted by molar-refractivity contribution is 0.252. The van der Waals surface area contributed by atoms with Crippen LogP contribution in [0.5, 0.6) is 11.5 Å². The third-order valence-corrected chi connectivity index (χ3v) is 4.85. The van der Waals surface area contributed by atoms with Crippen LogP contribution < -0.4 is 9.47 Å². The zero-order chi connectivity index (χ0) is 17.8. The van der Waals surface area contributed by atoms with Gasteiger partial charge in [-0.05, 0) is 47.0 Å². The molecule has 26 heavy (non-hydrogen) atoms. The standard InChI is InChI=1S/C24H24O2/c1-2-3-6-17-25-20-12-9-19(10-13-20)23-16-14-22-21-8-5-4-7-18(21)11-15-24(22)26-23/h4-5,7-16,23H,2-3,6,17H2,1H3. The fraction of sp³-hybridized carbons (Fsp3) is 0.250. The minimum Gasteiger partial charge on any atom is -0.494 e. The van der Waals surface area contributed by atoms with E-state index in [1.165, 1.54) is 23.6 Å². The van der Waals surface area contributed by atoms with Crippen molar-refractivity contribution >= 4 is 16.8 Å². The van der Waals surface area contributed by atoms with E-state index in [1.807, 2.05) is 12.1 Å². The van der Waals surface area contributed by atoms with E-state index >= 15 is 0 Å². The van der Waals surface area contributed by atoms with Gasteiger partial charge in [-0.3, -0.25) is 0 Å². The summed E-state index contributed by atoms with van der Waals surface area (Å²) in [6.07, 6.45) is 7.79. The summed E-state index contributed by atoms with van der Waals surface area (Å²) in [5.74, 6) is 1.87. The first kappa shape index (κ1) is 16.7. The Morgan fingerprint density at radius 3 is 2.62 bits per heavy atom. The number of ether oxygens (including phenoxy) is 2. The molecule has 1 unspecified atom stereocenters. The summed E-state index contributed by atoms with van der Waals surface area (Å²) in [6, 6.07) is 20.9. The molecule has 1 aliphatic rings. The average Bonchev–Trinajstić information content (AvgIpc) is 2.71. The van der Waals surface area contributed by atoms with Crippen molar-refractivity contribution in [3.63, 3.8) is 0 Å². The summed E-state index contributed by atoms with van der Waals surface area (Å²) < 4.78 is 12.0. The van der Waals surface area contributed by atoms with E-state index in [4.69, 9.17) is 9.47 Å². The first-order valence-electron chi connectivity index (χ1n) is 9.44. The van der Waals surface area contributed by atoms with Gasteiger partial charge in [-0.2, -0.15) is 0 Å². The first-order chi connectivity index (χ1) is 12.8. The molecule has 1 heterocycles. The van der Waals surface area contributed by atoms with Crippen LogP contribution in [0, 0.1) is 0 Å². The number of hydrogen-bond acceptors (Lipinski definition) is 2. The SMILES string of the molecule is CCCCCOc1ccc(C2C=Cc3c(ccc4ccccc34)O2)cc1. The Bertz CT molecular complexity index is 909. The molecule has 2 nitrogen and oxygen atoms in total. The molecule has 0 aliphatic carbocycles. The molecule has 0 radical (unpaired) electrons. The summed E-state index contributed by atoms with van der Waals surface area (Å²) >= 11 is 0. The van der Waals surface area contributed by atoms with Crippen molar-refractivity contribution in [2.45, 2.75) is 32.3 Å².